The zero-order valence-electron chi connectivity index (χ0n) is 9.23. The summed E-state index contributed by atoms with van der Waals surface area (Å²) in [5.41, 5.74) is 5.52. The van der Waals surface area contributed by atoms with Gasteiger partial charge in [0.05, 0.1) is 0 Å². The molecule has 0 aliphatic carbocycles. The van der Waals surface area contributed by atoms with Gasteiger partial charge < -0.3 is 10.6 Å². The van der Waals surface area contributed by atoms with Gasteiger partial charge in [-0.3, -0.25) is 0 Å². The van der Waals surface area contributed by atoms with Crippen molar-refractivity contribution in [2.45, 2.75) is 26.8 Å². The van der Waals surface area contributed by atoms with Crippen LogP contribution in [0.1, 0.15) is 20.8 Å². The molecule has 0 aromatic carbocycles. The quantitative estimate of drug-likeness (QED) is 0.793. The third-order valence-corrected chi connectivity index (χ3v) is 2.60. The lowest BCUT2D eigenvalue weighted by Crippen LogP contribution is -2.33. The average molecular weight is 194 g/mol. The summed E-state index contributed by atoms with van der Waals surface area (Å²) in [6, 6.07) is 2.30. The number of anilines is 2. The minimum atomic E-state index is 0.324. The van der Waals surface area contributed by atoms with Gasteiger partial charge in [0.25, 0.3) is 0 Å². The third kappa shape index (κ3) is 2.34. The number of hydrogen-bond acceptors (Lipinski definition) is 4. The van der Waals surface area contributed by atoms with Gasteiger partial charge in [0.1, 0.15) is 5.82 Å². The number of rotatable bonds is 3. The average Bonchev–Trinajstić information content (AvgIpc) is 2.15. The first kappa shape index (κ1) is 10.8. The van der Waals surface area contributed by atoms with E-state index in [1.54, 1.807) is 6.20 Å². The van der Waals surface area contributed by atoms with Crippen molar-refractivity contribution in [2.24, 2.45) is 5.92 Å². The maximum absolute atomic E-state index is 5.52. The fraction of sp³-hybridized carbons (Fsp3) is 0.600. The van der Waals surface area contributed by atoms with Crippen molar-refractivity contribution >= 4 is 11.8 Å². The van der Waals surface area contributed by atoms with E-state index in [0.717, 1.165) is 5.82 Å². The number of nitrogens with two attached hydrogens (primary N) is 1. The Bertz CT molecular complexity index is 298. The highest BCUT2D eigenvalue weighted by atomic mass is 15.2. The third-order valence-electron chi connectivity index (χ3n) is 2.60. The van der Waals surface area contributed by atoms with Gasteiger partial charge in [-0.05, 0) is 18.9 Å². The van der Waals surface area contributed by atoms with Crippen molar-refractivity contribution < 1.29 is 0 Å². The fourth-order valence-corrected chi connectivity index (χ4v) is 1.22. The number of nitrogen functional groups attached to an aromatic ring is 1. The van der Waals surface area contributed by atoms with Crippen LogP contribution in [0.15, 0.2) is 12.3 Å². The Morgan fingerprint density at radius 1 is 1.36 bits per heavy atom. The molecule has 1 rings (SSSR count). The van der Waals surface area contributed by atoms with Gasteiger partial charge in [0.2, 0.25) is 5.95 Å². The van der Waals surface area contributed by atoms with Crippen molar-refractivity contribution in [1.82, 2.24) is 9.97 Å². The molecular formula is C10H18N4. The van der Waals surface area contributed by atoms with Crippen LogP contribution in [-0.2, 0) is 0 Å². The Labute approximate surface area is 85.2 Å². The van der Waals surface area contributed by atoms with Crippen LogP contribution < -0.4 is 10.6 Å². The minimum Gasteiger partial charge on any atom is -0.368 e. The van der Waals surface area contributed by atoms with Crippen LogP contribution in [0, 0.1) is 5.92 Å². The highest BCUT2D eigenvalue weighted by molar-refractivity contribution is 5.40. The Hall–Kier alpha value is -1.32. The van der Waals surface area contributed by atoms with Gasteiger partial charge in [0.15, 0.2) is 0 Å². The summed E-state index contributed by atoms with van der Waals surface area (Å²) >= 11 is 0. The second kappa shape index (κ2) is 4.26. The molecule has 1 aromatic heterocycles. The van der Waals surface area contributed by atoms with Crippen molar-refractivity contribution in [2.75, 3.05) is 17.7 Å². The Morgan fingerprint density at radius 2 is 2.00 bits per heavy atom. The van der Waals surface area contributed by atoms with Crippen LogP contribution in [0.5, 0.6) is 0 Å². The molecule has 0 saturated heterocycles. The zero-order chi connectivity index (χ0) is 10.7. The van der Waals surface area contributed by atoms with Gasteiger partial charge >= 0.3 is 0 Å². The van der Waals surface area contributed by atoms with Crippen molar-refractivity contribution in [3.8, 4) is 0 Å². The van der Waals surface area contributed by atoms with E-state index in [-0.39, 0.29) is 0 Å². The van der Waals surface area contributed by atoms with E-state index in [9.17, 15) is 0 Å². The van der Waals surface area contributed by atoms with E-state index >= 15 is 0 Å². The maximum atomic E-state index is 5.52. The monoisotopic (exact) mass is 194 g/mol. The second-order valence-electron chi connectivity index (χ2n) is 3.87. The smallest absolute Gasteiger partial charge is 0.221 e. The maximum Gasteiger partial charge on any atom is 0.221 e. The molecule has 0 saturated carbocycles. The molecule has 0 fully saturated rings. The van der Waals surface area contributed by atoms with Gasteiger partial charge in [-0.25, -0.2) is 4.98 Å². The predicted octanol–water partition coefficient (Wildman–Crippen LogP) is 1.54. The molecule has 1 heterocycles. The summed E-state index contributed by atoms with van der Waals surface area (Å²) < 4.78 is 0. The zero-order valence-corrected chi connectivity index (χ0v) is 9.23. The molecule has 0 aliphatic rings. The van der Waals surface area contributed by atoms with Crippen molar-refractivity contribution in [3.05, 3.63) is 12.3 Å². The first-order valence-electron chi connectivity index (χ1n) is 4.83. The standard InChI is InChI=1S/C10H18N4/c1-7(2)8(3)14(4)9-5-6-12-10(11)13-9/h5-8H,1-4H3,(H2,11,12,13). The lowest BCUT2D eigenvalue weighted by Gasteiger charge is -2.28. The summed E-state index contributed by atoms with van der Waals surface area (Å²) in [6.07, 6.45) is 1.68. The van der Waals surface area contributed by atoms with Crippen LogP contribution in [-0.4, -0.2) is 23.1 Å². The van der Waals surface area contributed by atoms with Crippen LogP contribution in [0.4, 0.5) is 11.8 Å². The molecule has 2 N–H and O–H groups in total. The Morgan fingerprint density at radius 3 is 2.50 bits per heavy atom. The molecule has 0 aliphatic heterocycles. The normalized spacial score (nSPS) is 12.9. The molecule has 1 unspecified atom stereocenters. The molecule has 4 nitrogen and oxygen atoms in total. The number of hydrogen-bond donors (Lipinski definition) is 1. The number of nitrogens with zero attached hydrogens (tertiary/aromatic N) is 3. The van der Waals surface area contributed by atoms with E-state index < -0.39 is 0 Å². The van der Waals surface area contributed by atoms with Crippen molar-refractivity contribution in [1.29, 1.82) is 0 Å². The molecule has 0 spiro atoms. The lowest BCUT2D eigenvalue weighted by atomic mass is 10.1. The molecular weight excluding hydrogens is 176 g/mol. The molecule has 4 heteroatoms. The summed E-state index contributed by atoms with van der Waals surface area (Å²) in [7, 11) is 2.02. The molecule has 1 atom stereocenters. The Balaban J connectivity index is 2.83. The lowest BCUT2D eigenvalue weighted by molar-refractivity contribution is 0.502. The SMILES string of the molecule is CC(C)C(C)N(C)c1ccnc(N)n1. The summed E-state index contributed by atoms with van der Waals surface area (Å²) in [5.74, 6) is 1.78. The molecule has 14 heavy (non-hydrogen) atoms. The van der Waals surface area contributed by atoms with Gasteiger partial charge in [0, 0.05) is 19.3 Å². The van der Waals surface area contributed by atoms with Crippen molar-refractivity contribution in [3.63, 3.8) is 0 Å². The van der Waals surface area contributed by atoms with E-state index in [4.69, 9.17) is 5.73 Å². The van der Waals surface area contributed by atoms with Crippen LogP contribution >= 0.6 is 0 Å². The molecule has 0 radical (unpaired) electrons. The molecule has 0 amide bonds. The molecule has 0 bridgehead atoms. The first-order valence-corrected chi connectivity index (χ1v) is 4.83. The van der Waals surface area contributed by atoms with E-state index in [2.05, 4.69) is 35.6 Å². The minimum absolute atomic E-state index is 0.324. The van der Waals surface area contributed by atoms with Gasteiger partial charge in [-0.2, -0.15) is 4.98 Å². The summed E-state index contributed by atoms with van der Waals surface area (Å²) in [6.45, 7) is 6.54. The topological polar surface area (TPSA) is 55.0 Å². The fourth-order valence-electron chi connectivity index (χ4n) is 1.22. The second-order valence-corrected chi connectivity index (χ2v) is 3.87. The van der Waals surface area contributed by atoms with Crippen LogP contribution in [0.3, 0.4) is 0 Å². The van der Waals surface area contributed by atoms with E-state index in [0.29, 0.717) is 17.9 Å². The molecule has 1 aromatic rings. The highest BCUT2D eigenvalue weighted by Crippen LogP contribution is 2.16. The Kier molecular flexibility index (Phi) is 3.28. The molecule has 78 valence electrons. The van der Waals surface area contributed by atoms with E-state index in [1.165, 1.54) is 0 Å². The predicted molar refractivity (Wildman–Crippen MR) is 59.1 cm³/mol. The van der Waals surface area contributed by atoms with Crippen LogP contribution in [0.2, 0.25) is 0 Å². The number of aromatic nitrogens is 2. The summed E-state index contributed by atoms with van der Waals surface area (Å²) in [4.78, 5) is 10.1. The van der Waals surface area contributed by atoms with E-state index in [1.807, 2.05) is 13.1 Å². The highest BCUT2D eigenvalue weighted by Gasteiger charge is 2.14. The summed E-state index contributed by atoms with van der Waals surface area (Å²) in [5, 5.41) is 0. The van der Waals surface area contributed by atoms with Gasteiger partial charge in [-0.1, -0.05) is 13.8 Å². The largest absolute Gasteiger partial charge is 0.368 e. The first-order chi connectivity index (χ1) is 6.52. The van der Waals surface area contributed by atoms with Gasteiger partial charge in [-0.15, -0.1) is 0 Å². The van der Waals surface area contributed by atoms with Crippen LogP contribution in [0.25, 0.3) is 0 Å².